The molecule has 0 aliphatic carbocycles. The van der Waals surface area contributed by atoms with Gasteiger partial charge in [0.1, 0.15) is 5.82 Å². The first-order chi connectivity index (χ1) is 8.58. The highest BCUT2D eigenvalue weighted by Crippen LogP contribution is 2.20. The van der Waals surface area contributed by atoms with Crippen molar-refractivity contribution in [2.45, 2.75) is 0 Å². The van der Waals surface area contributed by atoms with Crippen molar-refractivity contribution in [1.82, 2.24) is 15.0 Å². The van der Waals surface area contributed by atoms with Gasteiger partial charge in [0, 0.05) is 12.7 Å². The van der Waals surface area contributed by atoms with Gasteiger partial charge >= 0.3 is 0 Å². The maximum atomic E-state index is 13.5. The highest BCUT2D eigenvalue weighted by molar-refractivity contribution is 5.59. The standard InChI is InChI=1S/C10H12FN7/c1-14-7-3-2-5(4-6(7)11)15-10-17-8(12)16-9(13)18-10/h2-4,14H,1H3,(H5,12,13,15,16,17,18). The fourth-order valence-corrected chi connectivity index (χ4v) is 1.39. The predicted octanol–water partition coefficient (Wildman–Crippen LogP) is 0.960. The van der Waals surface area contributed by atoms with E-state index < -0.39 is 5.82 Å². The van der Waals surface area contributed by atoms with Crippen molar-refractivity contribution in [2.75, 3.05) is 29.1 Å². The summed E-state index contributed by atoms with van der Waals surface area (Å²) in [7, 11) is 1.64. The molecule has 0 amide bonds. The highest BCUT2D eigenvalue weighted by Gasteiger charge is 2.05. The number of rotatable bonds is 3. The molecule has 0 spiro atoms. The van der Waals surface area contributed by atoms with E-state index in [-0.39, 0.29) is 17.8 Å². The van der Waals surface area contributed by atoms with Crippen LogP contribution < -0.4 is 22.1 Å². The lowest BCUT2D eigenvalue weighted by molar-refractivity contribution is 0.632. The third-order valence-corrected chi connectivity index (χ3v) is 2.16. The quantitative estimate of drug-likeness (QED) is 0.640. The normalized spacial score (nSPS) is 10.1. The zero-order chi connectivity index (χ0) is 13.1. The maximum absolute atomic E-state index is 13.5. The molecule has 0 saturated heterocycles. The van der Waals surface area contributed by atoms with Crippen molar-refractivity contribution in [1.29, 1.82) is 0 Å². The first-order valence-corrected chi connectivity index (χ1v) is 5.10. The van der Waals surface area contributed by atoms with Gasteiger partial charge in [-0.1, -0.05) is 0 Å². The summed E-state index contributed by atoms with van der Waals surface area (Å²) in [5, 5.41) is 5.51. The molecule has 0 bridgehead atoms. The molecule has 8 heteroatoms. The molecule has 6 N–H and O–H groups in total. The largest absolute Gasteiger partial charge is 0.386 e. The second kappa shape index (κ2) is 4.70. The lowest BCUT2D eigenvalue weighted by Gasteiger charge is -2.07. The van der Waals surface area contributed by atoms with Crippen LogP contribution in [-0.4, -0.2) is 22.0 Å². The summed E-state index contributed by atoms with van der Waals surface area (Å²) in [6, 6.07) is 4.57. The number of nitrogens with two attached hydrogens (primary N) is 2. The number of nitrogen functional groups attached to an aromatic ring is 2. The van der Waals surface area contributed by atoms with Crippen LogP contribution in [0.15, 0.2) is 18.2 Å². The Morgan fingerprint density at radius 1 is 1.11 bits per heavy atom. The molecular weight excluding hydrogens is 237 g/mol. The maximum Gasteiger partial charge on any atom is 0.233 e. The van der Waals surface area contributed by atoms with Crippen molar-refractivity contribution >= 4 is 29.2 Å². The van der Waals surface area contributed by atoms with E-state index in [9.17, 15) is 4.39 Å². The molecule has 0 unspecified atom stereocenters. The minimum absolute atomic E-state index is 0.00248. The third kappa shape index (κ3) is 2.54. The summed E-state index contributed by atoms with van der Waals surface area (Å²) in [4.78, 5) is 11.3. The molecular formula is C10H12FN7. The minimum atomic E-state index is -0.391. The molecule has 0 fully saturated rings. The number of halogens is 1. The summed E-state index contributed by atoms with van der Waals surface area (Å²) >= 11 is 0. The predicted molar refractivity (Wildman–Crippen MR) is 67.9 cm³/mol. The number of nitrogens with one attached hydrogen (secondary N) is 2. The molecule has 7 nitrogen and oxygen atoms in total. The number of nitrogens with zero attached hydrogens (tertiary/aromatic N) is 3. The fourth-order valence-electron chi connectivity index (χ4n) is 1.39. The van der Waals surface area contributed by atoms with Crippen LogP contribution in [0.1, 0.15) is 0 Å². The third-order valence-electron chi connectivity index (χ3n) is 2.16. The average Bonchev–Trinajstić information content (AvgIpc) is 2.27. The first kappa shape index (κ1) is 11.8. The van der Waals surface area contributed by atoms with E-state index >= 15 is 0 Å². The van der Waals surface area contributed by atoms with Gasteiger partial charge in [0.25, 0.3) is 0 Å². The van der Waals surface area contributed by atoms with Gasteiger partial charge in [-0.25, -0.2) is 4.39 Å². The highest BCUT2D eigenvalue weighted by atomic mass is 19.1. The van der Waals surface area contributed by atoms with Gasteiger partial charge in [-0.2, -0.15) is 15.0 Å². The summed E-state index contributed by atoms with van der Waals surface area (Å²) in [6.07, 6.45) is 0. The van der Waals surface area contributed by atoms with E-state index in [1.807, 2.05) is 0 Å². The van der Waals surface area contributed by atoms with Gasteiger partial charge in [0.05, 0.1) is 5.69 Å². The van der Waals surface area contributed by atoms with Gasteiger partial charge in [0.2, 0.25) is 17.8 Å². The average molecular weight is 249 g/mol. The Morgan fingerprint density at radius 3 is 2.33 bits per heavy atom. The van der Waals surface area contributed by atoms with Crippen molar-refractivity contribution < 1.29 is 4.39 Å². The Balaban J connectivity index is 2.25. The monoisotopic (exact) mass is 249 g/mol. The number of benzene rings is 1. The van der Waals surface area contributed by atoms with Crippen molar-refractivity contribution in [3.05, 3.63) is 24.0 Å². The smallest absolute Gasteiger partial charge is 0.233 e. The summed E-state index contributed by atoms with van der Waals surface area (Å²) in [5.74, 6) is -0.233. The van der Waals surface area contributed by atoms with Crippen LogP contribution in [-0.2, 0) is 0 Å². The van der Waals surface area contributed by atoms with Gasteiger partial charge in [-0.3, -0.25) is 0 Å². The van der Waals surface area contributed by atoms with Crippen molar-refractivity contribution in [3.8, 4) is 0 Å². The van der Waals surface area contributed by atoms with Crippen molar-refractivity contribution in [3.63, 3.8) is 0 Å². The molecule has 0 aliphatic heterocycles. The van der Waals surface area contributed by atoms with E-state index in [0.717, 1.165) is 0 Å². The second-order valence-corrected chi connectivity index (χ2v) is 3.45. The molecule has 0 atom stereocenters. The van der Waals surface area contributed by atoms with E-state index in [2.05, 4.69) is 25.6 Å². The number of anilines is 5. The number of hydrogen-bond acceptors (Lipinski definition) is 7. The van der Waals surface area contributed by atoms with Gasteiger partial charge < -0.3 is 22.1 Å². The van der Waals surface area contributed by atoms with Crippen LogP contribution >= 0.6 is 0 Å². The van der Waals surface area contributed by atoms with Gasteiger partial charge in [-0.15, -0.1) is 0 Å². The van der Waals surface area contributed by atoms with Crippen LogP contribution in [0.2, 0.25) is 0 Å². The Hall–Kier alpha value is -2.64. The topological polar surface area (TPSA) is 115 Å². The van der Waals surface area contributed by atoms with E-state index in [4.69, 9.17) is 11.5 Å². The molecule has 1 aromatic heterocycles. The van der Waals surface area contributed by atoms with E-state index in [0.29, 0.717) is 11.4 Å². The zero-order valence-electron chi connectivity index (χ0n) is 9.61. The molecule has 18 heavy (non-hydrogen) atoms. The van der Waals surface area contributed by atoms with E-state index in [1.54, 1.807) is 19.2 Å². The van der Waals surface area contributed by atoms with Crippen LogP contribution in [0, 0.1) is 5.82 Å². The molecule has 0 radical (unpaired) electrons. The molecule has 1 heterocycles. The van der Waals surface area contributed by atoms with Gasteiger partial charge in [-0.05, 0) is 18.2 Å². The van der Waals surface area contributed by atoms with Crippen molar-refractivity contribution in [2.24, 2.45) is 0 Å². The molecule has 0 aliphatic rings. The van der Waals surface area contributed by atoms with E-state index in [1.165, 1.54) is 6.07 Å². The molecule has 1 aromatic carbocycles. The number of hydrogen-bond donors (Lipinski definition) is 4. The SMILES string of the molecule is CNc1ccc(Nc2nc(N)nc(N)n2)cc1F. The van der Waals surface area contributed by atoms with Crippen LogP contribution in [0.3, 0.4) is 0 Å². The first-order valence-electron chi connectivity index (χ1n) is 5.10. The zero-order valence-corrected chi connectivity index (χ0v) is 9.61. The Kier molecular flexibility index (Phi) is 3.09. The van der Waals surface area contributed by atoms with Crippen LogP contribution in [0.5, 0.6) is 0 Å². The Bertz CT molecular complexity index is 552. The summed E-state index contributed by atoms with van der Waals surface area (Å²) in [5.41, 5.74) is 11.7. The molecule has 0 saturated carbocycles. The van der Waals surface area contributed by atoms with Crippen LogP contribution in [0.4, 0.5) is 33.6 Å². The lowest BCUT2D eigenvalue weighted by atomic mass is 10.2. The molecule has 2 rings (SSSR count). The fraction of sp³-hybridized carbons (Fsp3) is 0.100. The lowest BCUT2D eigenvalue weighted by Crippen LogP contribution is -2.06. The van der Waals surface area contributed by atoms with Crippen LogP contribution in [0.25, 0.3) is 0 Å². The second-order valence-electron chi connectivity index (χ2n) is 3.45. The summed E-state index contributed by atoms with van der Waals surface area (Å²) in [6.45, 7) is 0. The Labute approximate surface area is 102 Å². The molecule has 94 valence electrons. The van der Waals surface area contributed by atoms with Gasteiger partial charge in [0.15, 0.2) is 0 Å². The summed E-state index contributed by atoms with van der Waals surface area (Å²) < 4.78 is 13.5. The molecule has 2 aromatic rings. The number of aromatic nitrogens is 3. The Morgan fingerprint density at radius 2 is 1.78 bits per heavy atom. The minimum Gasteiger partial charge on any atom is -0.386 e.